The molecule has 1 aromatic heterocycles. The summed E-state index contributed by atoms with van der Waals surface area (Å²) >= 11 is 0. The summed E-state index contributed by atoms with van der Waals surface area (Å²) in [6.45, 7) is 1.04. The quantitative estimate of drug-likeness (QED) is 0.838. The van der Waals surface area contributed by atoms with Crippen LogP contribution in [-0.2, 0) is 23.2 Å². The van der Waals surface area contributed by atoms with Gasteiger partial charge in [-0.05, 0) is 18.4 Å². The fourth-order valence-corrected chi connectivity index (χ4v) is 3.24. The molecule has 0 aliphatic carbocycles. The van der Waals surface area contributed by atoms with Crippen LogP contribution in [0.25, 0.3) is 0 Å². The lowest BCUT2D eigenvalue weighted by molar-refractivity contribution is -0.147. The second kappa shape index (κ2) is 7.51. The maximum atomic E-state index is 13.2. The third kappa shape index (κ3) is 3.73. The van der Waals surface area contributed by atoms with Crippen molar-refractivity contribution in [2.24, 2.45) is 7.05 Å². The van der Waals surface area contributed by atoms with Gasteiger partial charge in [0.25, 0.3) is 0 Å². The van der Waals surface area contributed by atoms with E-state index in [-0.39, 0.29) is 11.8 Å². The summed E-state index contributed by atoms with van der Waals surface area (Å²) in [5.41, 5.74) is 0.856. The number of imidazole rings is 1. The summed E-state index contributed by atoms with van der Waals surface area (Å²) < 4.78 is 1.90. The SMILES string of the molecule is CN(Cc1nccn1C)C(=O)[C@@H](c1ccccc1)N1CCCCC1=O. The van der Waals surface area contributed by atoms with Crippen LogP contribution in [0.15, 0.2) is 42.7 Å². The van der Waals surface area contributed by atoms with Crippen molar-refractivity contribution in [2.75, 3.05) is 13.6 Å². The van der Waals surface area contributed by atoms with E-state index in [1.165, 1.54) is 0 Å². The lowest BCUT2D eigenvalue weighted by atomic mass is 10.00. The molecule has 25 heavy (non-hydrogen) atoms. The topological polar surface area (TPSA) is 58.4 Å². The predicted octanol–water partition coefficient (Wildman–Crippen LogP) is 2.13. The van der Waals surface area contributed by atoms with Crippen LogP contribution in [0.1, 0.15) is 36.7 Å². The van der Waals surface area contributed by atoms with Crippen LogP contribution in [0, 0.1) is 0 Å². The van der Waals surface area contributed by atoms with E-state index in [1.807, 2.05) is 48.1 Å². The standard InChI is InChI=1S/C19H24N4O2/c1-21-13-11-20-16(21)14-22(2)19(25)18(15-8-4-3-5-9-15)23-12-7-6-10-17(23)24/h3-5,8-9,11,13,18H,6-7,10,12,14H2,1-2H3/t18-/m1/s1. The lowest BCUT2D eigenvalue weighted by Gasteiger charge is -2.36. The number of carbonyl (C=O) groups is 2. The molecule has 6 heteroatoms. The largest absolute Gasteiger partial charge is 0.337 e. The van der Waals surface area contributed by atoms with Crippen LogP contribution >= 0.6 is 0 Å². The van der Waals surface area contributed by atoms with Crippen molar-refractivity contribution < 1.29 is 9.59 Å². The molecule has 2 aromatic rings. The van der Waals surface area contributed by atoms with Gasteiger partial charge in [-0.25, -0.2) is 4.98 Å². The van der Waals surface area contributed by atoms with Gasteiger partial charge in [-0.2, -0.15) is 0 Å². The van der Waals surface area contributed by atoms with E-state index in [9.17, 15) is 9.59 Å². The number of aromatic nitrogens is 2. The second-order valence-electron chi connectivity index (χ2n) is 6.51. The molecule has 1 fully saturated rings. The third-order valence-corrected chi connectivity index (χ3v) is 4.70. The first kappa shape index (κ1) is 17.2. The summed E-state index contributed by atoms with van der Waals surface area (Å²) in [5.74, 6) is 0.788. The van der Waals surface area contributed by atoms with Crippen molar-refractivity contribution in [3.63, 3.8) is 0 Å². The Hall–Kier alpha value is -2.63. The molecule has 3 rings (SSSR count). The first-order chi connectivity index (χ1) is 12.1. The molecule has 0 N–H and O–H groups in total. The highest BCUT2D eigenvalue weighted by Gasteiger charge is 2.34. The smallest absolute Gasteiger partial charge is 0.250 e. The Morgan fingerprint density at radius 2 is 2.04 bits per heavy atom. The van der Waals surface area contributed by atoms with Crippen molar-refractivity contribution in [3.8, 4) is 0 Å². The van der Waals surface area contributed by atoms with Crippen molar-refractivity contribution in [1.29, 1.82) is 0 Å². The summed E-state index contributed by atoms with van der Waals surface area (Å²) in [6, 6.07) is 8.99. The fourth-order valence-electron chi connectivity index (χ4n) is 3.24. The Balaban J connectivity index is 1.86. The average molecular weight is 340 g/mol. The van der Waals surface area contributed by atoms with Crippen LogP contribution in [0.4, 0.5) is 0 Å². The number of likely N-dealkylation sites (tertiary alicyclic amines) is 1. The number of amides is 2. The Labute approximate surface area is 148 Å². The number of rotatable bonds is 5. The van der Waals surface area contributed by atoms with E-state index in [0.29, 0.717) is 19.5 Å². The number of piperidine rings is 1. The van der Waals surface area contributed by atoms with E-state index in [1.54, 1.807) is 23.0 Å². The van der Waals surface area contributed by atoms with Gasteiger partial charge in [0.2, 0.25) is 11.8 Å². The summed E-state index contributed by atoms with van der Waals surface area (Å²) in [6.07, 6.45) is 5.92. The normalized spacial score (nSPS) is 15.9. The number of nitrogens with zero attached hydrogens (tertiary/aromatic N) is 4. The number of likely N-dealkylation sites (N-methyl/N-ethyl adjacent to an activating group) is 1. The van der Waals surface area contributed by atoms with Gasteiger partial charge in [-0.1, -0.05) is 30.3 Å². The van der Waals surface area contributed by atoms with E-state index in [2.05, 4.69) is 4.98 Å². The summed E-state index contributed by atoms with van der Waals surface area (Å²) in [4.78, 5) is 33.3. The average Bonchev–Trinajstić information content (AvgIpc) is 3.02. The van der Waals surface area contributed by atoms with Crippen LogP contribution in [0.5, 0.6) is 0 Å². The van der Waals surface area contributed by atoms with E-state index in [4.69, 9.17) is 0 Å². The zero-order valence-corrected chi connectivity index (χ0v) is 14.8. The monoisotopic (exact) mass is 340 g/mol. The van der Waals surface area contributed by atoms with E-state index >= 15 is 0 Å². The summed E-state index contributed by atoms with van der Waals surface area (Å²) in [5, 5.41) is 0. The molecular weight excluding hydrogens is 316 g/mol. The lowest BCUT2D eigenvalue weighted by Crippen LogP contribution is -2.46. The minimum atomic E-state index is -0.570. The maximum Gasteiger partial charge on any atom is 0.250 e. The molecule has 0 unspecified atom stereocenters. The zero-order chi connectivity index (χ0) is 17.8. The van der Waals surface area contributed by atoms with Gasteiger partial charge in [0.05, 0.1) is 6.54 Å². The Morgan fingerprint density at radius 1 is 1.28 bits per heavy atom. The van der Waals surface area contributed by atoms with E-state index < -0.39 is 6.04 Å². The molecule has 2 heterocycles. The van der Waals surface area contributed by atoms with Gasteiger partial charge in [0.15, 0.2) is 0 Å². The molecule has 1 aromatic carbocycles. The highest BCUT2D eigenvalue weighted by molar-refractivity contribution is 5.89. The highest BCUT2D eigenvalue weighted by atomic mass is 16.2. The fraction of sp³-hybridized carbons (Fsp3) is 0.421. The minimum Gasteiger partial charge on any atom is -0.337 e. The van der Waals surface area contributed by atoms with Gasteiger partial charge >= 0.3 is 0 Å². The Morgan fingerprint density at radius 3 is 2.68 bits per heavy atom. The second-order valence-corrected chi connectivity index (χ2v) is 6.51. The zero-order valence-electron chi connectivity index (χ0n) is 14.8. The number of benzene rings is 1. The molecule has 6 nitrogen and oxygen atoms in total. The third-order valence-electron chi connectivity index (χ3n) is 4.70. The molecule has 0 bridgehead atoms. The maximum absolute atomic E-state index is 13.2. The Bertz CT molecular complexity index is 741. The molecule has 0 radical (unpaired) electrons. The molecular formula is C19H24N4O2. The van der Waals surface area contributed by atoms with Crippen molar-refractivity contribution in [1.82, 2.24) is 19.4 Å². The molecule has 132 valence electrons. The van der Waals surface area contributed by atoms with Crippen molar-refractivity contribution in [3.05, 3.63) is 54.1 Å². The molecule has 1 atom stereocenters. The van der Waals surface area contributed by atoms with Crippen LogP contribution in [0.2, 0.25) is 0 Å². The molecule has 1 aliphatic rings. The van der Waals surface area contributed by atoms with Crippen LogP contribution in [0.3, 0.4) is 0 Å². The van der Waals surface area contributed by atoms with Crippen molar-refractivity contribution in [2.45, 2.75) is 31.8 Å². The minimum absolute atomic E-state index is 0.0545. The van der Waals surface area contributed by atoms with Crippen LogP contribution < -0.4 is 0 Å². The molecule has 2 amide bonds. The predicted molar refractivity (Wildman–Crippen MR) is 94.4 cm³/mol. The Kier molecular flexibility index (Phi) is 5.16. The van der Waals surface area contributed by atoms with E-state index in [0.717, 1.165) is 24.2 Å². The highest BCUT2D eigenvalue weighted by Crippen LogP contribution is 2.27. The molecule has 0 spiro atoms. The number of hydrogen-bond acceptors (Lipinski definition) is 3. The molecule has 1 saturated heterocycles. The van der Waals surface area contributed by atoms with Gasteiger partial charge in [-0.15, -0.1) is 0 Å². The van der Waals surface area contributed by atoms with Gasteiger partial charge in [-0.3, -0.25) is 9.59 Å². The first-order valence-corrected chi connectivity index (χ1v) is 8.63. The van der Waals surface area contributed by atoms with Gasteiger partial charge < -0.3 is 14.4 Å². The molecule has 0 saturated carbocycles. The van der Waals surface area contributed by atoms with Crippen LogP contribution in [-0.4, -0.2) is 44.8 Å². The number of carbonyl (C=O) groups excluding carboxylic acids is 2. The number of hydrogen-bond donors (Lipinski definition) is 0. The summed E-state index contributed by atoms with van der Waals surface area (Å²) in [7, 11) is 3.67. The van der Waals surface area contributed by atoms with Gasteiger partial charge in [0, 0.05) is 39.5 Å². The molecule has 1 aliphatic heterocycles. The number of aryl methyl sites for hydroxylation is 1. The van der Waals surface area contributed by atoms with Crippen molar-refractivity contribution >= 4 is 11.8 Å². The first-order valence-electron chi connectivity index (χ1n) is 8.63. The van der Waals surface area contributed by atoms with Gasteiger partial charge in [0.1, 0.15) is 11.9 Å².